The number of hydrogen-bond donors (Lipinski definition) is 2. The van der Waals surface area contributed by atoms with Crippen molar-refractivity contribution >= 4 is 16.7 Å². The van der Waals surface area contributed by atoms with Crippen LogP contribution in [0.4, 0.5) is 0 Å². The van der Waals surface area contributed by atoms with E-state index < -0.39 is 0 Å². The van der Waals surface area contributed by atoms with Gasteiger partial charge in [0.05, 0.1) is 18.5 Å². The first kappa shape index (κ1) is 19.1. The highest BCUT2D eigenvalue weighted by Crippen LogP contribution is 2.26. The third kappa shape index (κ3) is 4.00. The maximum atomic E-state index is 12.9. The van der Waals surface area contributed by atoms with E-state index in [1.54, 1.807) is 31.4 Å². The van der Waals surface area contributed by atoms with Gasteiger partial charge in [-0.05, 0) is 49.7 Å². The molecule has 1 amide bonds. The summed E-state index contributed by atoms with van der Waals surface area (Å²) in [6.45, 7) is 2.47. The molecule has 29 heavy (non-hydrogen) atoms. The monoisotopic (exact) mass is 392 g/mol. The highest BCUT2D eigenvalue weighted by molar-refractivity contribution is 6.04. The van der Waals surface area contributed by atoms with E-state index in [1.165, 1.54) is 0 Å². The van der Waals surface area contributed by atoms with Gasteiger partial charge in [-0.1, -0.05) is 30.3 Å². The Kier molecular flexibility index (Phi) is 5.57. The van der Waals surface area contributed by atoms with Crippen LogP contribution in [0.5, 0.6) is 5.75 Å². The molecule has 4 rings (SSSR count). The van der Waals surface area contributed by atoms with Crippen LogP contribution in [-0.2, 0) is 0 Å². The van der Waals surface area contributed by atoms with Crippen molar-refractivity contribution < 1.29 is 9.53 Å². The number of benzene rings is 2. The van der Waals surface area contributed by atoms with Crippen LogP contribution in [0.2, 0.25) is 0 Å². The molecule has 0 saturated carbocycles. The molecular weight excluding hydrogens is 368 g/mol. The fourth-order valence-electron chi connectivity index (χ4n) is 3.90. The van der Waals surface area contributed by atoms with Crippen LogP contribution in [0.25, 0.3) is 10.8 Å². The molecule has 0 spiro atoms. The quantitative estimate of drug-likeness (QED) is 0.673. The lowest BCUT2D eigenvalue weighted by Gasteiger charge is -2.28. The van der Waals surface area contributed by atoms with E-state index in [9.17, 15) is 9.59 Å². The molecule has 1 aliphatic heterocycles. The van der Waals surface area contributed by atoms with Crippen molar-refractivity contribution in [3.8, 4) is 5.75 Å². The Balaban J connectivity index is 1.56. The SMILES string of the molecule is COc1ccc([C@@H](CNC(=O)c2n[nH]c(=O)c3ccccc23)N2CCCC2)cc1. The summed E-state index contributed by atoms with van der Waals surface area (Å²) in [6.07, 6.45) is 2.32. The van der Waals surface area contributed by atoms with Crippen molar-refractivity contribution in [1.29, 1.82) is 0 Å². The third-order valence-corrected chi connectivity index (χ3v) is 5.45. The number of nitrogens with zero attached hydrogens (tertiary/aromatic N) is 2. The number of ether oxygens (including phenoxy) is 1. The number of H-pyrrole nitrogens is 1. The zero-order valence-corrected chi connectivity index (χ0v) is 16.4. The number of aromatic nitrogens is 2. The Labute approximate surface area is 168 Å². The number of methoxy groups -OCH3 is 1. The second kappa shape index (κ2) is 8.45. The molecule has 2 N–H and O–H groups in total. The number of rotatable bonds is 6. The molecule has 150 valence electrons. The normalized spacial score (nSPS) is 15.3. The summed E-state index contributed by atoms with van der Waals surface area (Å²) in [7, 11) is 1.65. The van der Waals surface area contributed by atoms with Crippen LogP contribution in [0.3, 0.4) is 0 Å². The van der Waals surface area contributed by atoms with Gasteiger partial charge >= 0.3 is 0 Å². The number of nitrogens with one attached hydrogen (secondary N) is 2. The second-order valence-electron chi connectivity index (χ2n) is 7.19. The van der Waals surface area contributed by atoms with Gasteiger partial charge in [-0.3, -0.25) is 14.5 Å². The number of fused-ring (bicyclic) bond motifs is 1. The van der Waals surface area contributed by atoms with Crippen molar-refractivity contribution in [3.63, 3.8) is 0 Å². The van der Waals surface area contributed by atoms with Gasteiger partial charge in [0, 0.05) is 11.9 Å². The van der Waals surface area contributed by atoms with Crippen LogP contribution in [0.1, 0.15) is 34.9 Å². The first-order chi connectivity index (χ1) is 14.2. The van der Waals surface area contributed by atoms with Gasteiger partial charge < -0.3 is 10.1 Å². The zero-order chi connectivity index (χ0) is 20.2. The van der Waals surface area contributed by atoms with Crippen LogP contribution < -0.4 is 15.6 Å². The van der Waals surface area contributed by atoms with Gasteiger partial charge in [-0.15, -0.1) is 0 Å². The fraction of sp³-hybridized carbons (Fsp3) is 0.318. The summed E-state index contributed by atoms with van der Waals surface area (Å²) in [5.74, 6) is 0.511. The lowest BCUT2D eigenvalue weighted by molar-refractivity contribution is 0.0933. The number of carbonyl (C=O) groups is 1. The van der Waals surface area contributed by atoms with Gasteiger partial charge in [0.2, 0.25) is 0 Å². The lowest BCUT2D eigenvalue weighted by Crippen LogP contribution is -2.37. The molecule has 1 atom stereocenters. The molecule has 3 aromatic rings. The Bertz CT molecular complexity index is 1060. The minimum absolute atomic E-state index is 0.0707. The van der Waals surface area contributed by atoms with Crippen molar-refractivity contribution in [2.45, 2.75) is 18.9 Å². The molecule has 0 bridgehead atoms. The van der Waals surface area contributed by atoms with Gasteiger partial charge in [0.15, 0.2) is 5.69 Å². The number of aromatic amines is 1. The van der Waals surface area contributed by atoms with Crippen molar-refractivity contribution in [1.82, 2.24) is 20.4 Å². The van der Waals surface area contributed by atoms with E-state index >= 15 is 0 Å². The third-order valence-electron chi connectivity index (χ3n) is 5.45. The number of likely N-dealkylation sites (tertiary alicyclic amines) is 1. The van der Waals surface area contributed by atoms with Crippen LogP contribution >= 0.6 is 0 Å². The summed E-state index contributed by atoms with van der Waals surface area (Å²) < 4.78 is 5.26. The van der Waals surface area contributed by atoms with Crippen LogP contribution in [-0.4, -0.2) is 47.7 Å². The summed E-state index contributed by atoms with van der Waals surface area (Å²) in [5, 5.41) is 10.4. The Hall–Kier alpha value is -3.19. The van der Waals surface area contributed by atoms with E-state index in [0.717, 1.165) is 37.2 Å². The van der Waals surface area contributed by atoms with E-state index in [-0.39, 0.29) is 23.2 Å². The Morgan fingerprint density at radius 1 is 1.14 bits per heavy atom. The van der Waals surface area contributed by atoms with Crippen molar-refractivity contribution in [3.05, 3.63) is 70.1 Å². The highest BCUT2D eigenvalue weighted by atomic mass is 16.5. The second-order valence-corrected chi connectivity index (χ2v) is 7.19. The minimum Gasteiger partial charge on any atom is -0.497 e. The standard InChI is InChI=1S/C22H24N4O3/c1-29-16-10-8-15(9-11-16)19(26-12-4-5-13-26)14-23-22(28)20-17-6-2-3-7-18(17)21(27)25-24-20/h2-3,6-11,19H,4-5,12-14H2,1H3,(H,23,28)(H,25,27)/t19-/m1/s1. The minimum atomic E-state index is -0.301. The first-order valence-corrected chi connectivity index (χ1v) is 9.81. The van der Waals surface area contributed by atoms with E-state index in [4.69, 9.17) is 4.74 Å². The predicted octanol–water partition coefficient (Wildman–Crippen LogP) is 2.50. The zero-order valence-electron chi connectivity index (χ0n) is 16.4. The number of amides is 1. The lowest BCUT2D eigenvalue weighted by atomic mass is 10.0. The number of hydrogen-bond acceptors (Lipinski definition) is 5. The number of carbonyl (C=O) groups excluding carboxylic acids is 1. The molecule has 7 heteroatoms. The average molecular weight is 392 g/mol. The van der Waals surface area contributed by atoms with Crippen molar-refractivity contribution in [2.75, 3.05) is 26.7 Å². The summed E-state index contributed by atoms with van der Waals surface area (Å²) in [5.41, 5.74) is 1.06. The first-order valence-electron chi connectivity index (χ1n) is 9.81. The van der Waals surface area contributed by atoms with E-state index in [0.29, 0.717) is 17.3 Å². The molecule has 1 aromatic heterocycles. The van der Waals surface area contributed by atoms with Gasteiger partial charge in [0.1, 0.15) is 5.75 Å². The average Bonchev–Trinajstić information content (AvgIpc) is 3.29. The highest BCUT2D eigenvalue weighted by Gasteiger charge is 2.25. The Morgan fingerprint density at radius 2 is 1.83 bits per heavy atom. The molecule has 2 aromatic carbocycles. The topological polar surface area (TPSA) is 87.3 Å². The molecule has 0 unspecified atom stereocenters. The van der Waals surface area contributed by atoms with Crippen molar-refractivity contribution in [2.24, 2.45) is 0 Å². The molecular formula is C22H24N4O3. The van der Waals surface area contributed by atoms with Crippen LogP contribution in [0.15, 0.2) is 53.3 Å². The van der Waals surface area contributed by atoms with Gasteiger partial charge in [-0.25, -0.2) is 5.10 Å². The fourth-order valence-corrected chi connectivity index (χ4v) is 3.90. The maximum absolute atomic E-state index is 12.9. The summed E-state index contributed by atoms with van der Waals surface area (Å²) >= 11 is 0. The predicted molar refractivity (Wildman–Crippen MR) is 111 cm³/mol. The van der Waals surface area contributed by atoms with Crippen LogP contribution in [0, 0.1) is 0 Å². The molecule has 7 nitrogen and oxygen atoms in total. The largest absolute Gasteiger partial charge is 0.497 e. The Morgan fingerprint density at radius 3 is 2.52 bits per heavy atom. The summed E-state index contributed by atoms with van der Waals surface area (Å²) in [4.78, 5) is 27.2. The molecule has 1 fully saturated rings. The molecule has 0 aliphatic carbocycles. The molecule has 0 radical (unpaired) electrons. The molecule has 1 saturated heterocycles. The maximum Gasteiger partial charge on any atom is 0.272 e. The van der Waals surface area contributed by atoms with E-state index in [1.807, 2.05) is 24.3 Å². The molecule has 1 aliphatic rings. The molecule has 2 heterocycles. The summed E-state index contributed by atoms with van der Waals surface area (Å²) in [6, 6.07) is 15.0. The van der Waals surface area contributed by atoms with Gasteiger partial charge in [-0.2, -0.15) is 5.10 Å². The van der Waals surface area contributed by atoms with E-state index in [2.05, 4.69) is 20.4 Å². The smallest absolute Gasteiger partial charge is 0.272 e. The van der Waals surface area contributed by atoms with Gasteiger partial charge in [0.25, 0.3) is 11.5 Å².